The number of fused-ring (bicyclic) bond motifs is 6. The molecule has 0 aromatic heterocycles. The van der Waals surface area contributed by atoms with Crippen molar-refractivity contribution in [3.63, 3.8) is 0 Å². The number of terminal acetylenes is 1. The van der Waals surface area contributed by atoms with E-state index in [1.807, 2.05) is 12.1 Å². The van der Waals surface area contributed by atoms with E-state index in [0.717, 1.165) is 22.1 Å². The van der Waals surface area contributed by atoms with E-state index in [-0.39, 0.29) is 5.75 Å². The SMILES string of the molecule is C#Cc1c(-c2ccc(O)cc2)ccc2c3ccccc3c3ccccc3c12. The highest BCUT2D eigenvalue weighted by Gasteiger charge is 2.14. The van der Waals surface area contributed by atoms with Crippen LogP contribution in [0.15, 0.2) is 84.9 Å². The van der Waals surface area contributed by atoms with Crippen LogP contribution in [0.1, 0.15) is 5.56 Å². The largest absolute Gasteiger partial charge is 0.508 e. The molecular formula is C26H16O. The molecule has 0 aliphatic carbocycles. The summed E-state index contributed by atoms with van der Waals surface area (Å²) in [7, 11) is 0. The number of phenols is 1. The highest BCUT2D eigenvalue weighted by atomic mass is 16.3. The van der Waals surface area contributed by atoms with Gasteiger partial charge in [0.05, 0.1) is 0 Å². The summed E-state index contributed by atoms with van der Waals surface area (Å²) >= 11 is 0. The summed E-state index contributed by atoms with van der Waals surface area (Å²) in [6.45, 7) is 0. The Bertz CT molecular complexity index is 1330. The molecule has 0 saturated carbocycles. The van der Waals surface area contributed by atoms with E-state index >= 15 is 0 Å². The third-order valence-electron chi connectivity index (χ3n) is 5.23. The van der Waals surface area contributed by atoms with E-state index in [0.29, 0.717) is 0 Å². The van der Waals surface area contributed by atoms with Crippen LogP contribution in [0.3, 0.4) is 0 Å². The van der Waals surface area contributed by atoms with Crippen LogP contribution in [0, 0.1) is 12.3 Å². The van der Waals surface area contributed by atoms with Gasteiger partial charge in [-0.15, -0.1) is 6.42 Å². The molecule has 1 heteroatoms. The van der Waals surface area contributed by atoms with E-state index in [9.17, 15) is 5.11 Å². The second-order valence-electron chi connectivity index (χ2n) is 6.69. The monoisotopic (exact) mass is 344 g/mol. The second-order valence-corrected chi connectivity index (χ2v) is 6.69. The average molecular weight is 344 g/mol. The zero-order chi connectivity index (χ0) is 18.4. The minimum Gasteiger partial charge on any atom is -0.508 e. The van der Waals surface area contributed by atoms with Crippen LogP contribution in [-0.4, -0.2) is 5.11 Å². The van der Waals surface area contributed by atoms with Gasteiger partial charge in [0.2, 0.25) is 0 Å². The van der Waals surface area contributed by atoms with Crippen molar-refractivity contribution in [1.29, 1.82) is 0 Å². The molecule has 5 aromatic rings. The molecule has 0 atom stereocenters. The normalized spacial score (nSPS) is 11.1. The van der Waals surface area contributed by atoms with Crippen molar-refractivity contribution < 1.29 is 5.11 Å². The maximum absolute atomic E-state index is 9.62. The molecule has 0 unspecified atom stereocenters. The topological polar surface area (TPSA) is 20.2 Å². The molecule has 5 aromatic carbocycles. The van der Waals surface area contributed by atoms with Gasteiger partial charge >= 0.3 is 0 Å². The summed E-state index contributed by atoms with van der Waals surface area (Å²) in [5.74, 6) is 3.19. The van der Waals surface area contributed by atoms with Gasteiger partial charge in [-0.2, -0.15) is 0 Å². The van der Waals surface area contributed by atoms with Crippen LogP contribution < -0.4 is 0 Å². The van der Waals surface area contributed by atoms with Gasteiger partial charge in [-0.25, -0.2) is 0 Å². The number of aromatic hydroxyl groups is 1. The Kier molecular flexibility index (Phi) is 3.38. The van der Waals surface area contributed by atoms with Crippen molar-refractivity contribution in [2.24, 2.45) is 0 Å². The summed E-state index contributed by atoms with van der Waals surface area (Å²) in [6, 6.07) is 28.3. The minimum atomic E-state index is 0.248. The van der Waals surface area contributed by atoms with Gasteiger partial charge in [-0.3, -0.25) is 0 Å². The molecule has 1 nitrogen and oxygen atoms in total. The summed E-state index contributed by atoms with van der Waals surface area (Å²) < 4.78 is 0. The standard InChI is InChI=1S/C26H16O/c1-2-19-20(17-11-13-18(27)14-12-17)15-16-25-23-9-4-3-7-21(23)22-8-5-6-10-24(22)26(19)25/h1,3-16,27H. The zero-order valence-corrected chi connectivity index (χ0v) is 14.6. The number of benzene rings is 5. The molecule has 1 N–H and O–H groups in total. The van der Waals surface area contributed by atoms with Crippen molar-refractivity contribution in [2.45, 2.75) is 0 Å². The molecule has 0 bridgehead atoms. The number of hydrogen-bond acceptors (Lipinski definition) is 1. The third kappa shape index (κ3) is 2.28. The Balaban J connectivity index is 2.01. The molecule has 0 fully saturated rings. The van der Waals surface area contributed by atoms with E-state index < -0.39 is 0 Å². The van der Waals surface area contributed by atoms with Crippen molar-refractivity contribution in [1.82, 2.24) is 0 Å². The average Bonchev–Trinajstić information content (AvgIpc) is 2.73. The maximum atomic E-state index is 9.62. The molecule has 0 radical (unpaired) electrons. The van der Waals surface area contributed by atoms with Gasteiger partial charge in [0.25, 0.3) is 0 Å². The van der Waals surface area contributed by atoms with E-state index in [1.165, 1.54) is 26.9 Å². The lowest BCUT2D eigenvalue weighted by Crippen LogP contribution is -1.90. The molecule has 5 rings (SSSR count). The van der Waals surface area contributed by atoms with E-state index in [2.05, 4.69) is 66.6 Å². The highest BCUT2D eigenvalue weighted by molar-refractivity contribution is 6.27. The predicted molar refractivity (Wildman–Crippen MR) is 114 cm³/mol. The number of hydrogen-bond donors (Lipinski definition) is 1. The van der Waals surface area contributed by atoms with Gasteiger partial charge in [-0.05, 0) is 50.2 Å². The quantitative estimate of drug-likeness (QED) is 0.272. The molecule has 0 spiro atoms. The Hall–Kier alpha value is -3.76. The van der Waals surface area contributed by atoms with Crippen molar-refractivity contribution >= 4 is 32.3 Å². The first-order chi connectivity index (χ1) is 13.3. The van der Waals surface area contributed by atoms with Crippen molar-refractivity contribution in [2.75, 3.05) is 0 Å². The van der Waals surface area contributed by atoms with Crippen LogP contribution in [0.2, 0.25) is 0 Å². The molecule has 0 heterocycles. The molecule has 27 heavy (non-hydrogen) atoms. The summed E-state index contributed by atoms with van der Waals surface area (Å²) in [5.41, 5.74) is 2.89. The predicted octanol–water partition coefficient (Wildman–Crippen LogP) is 6.50. The maximum Gasteiger partial charge on any atom is 0.115 e. The van der Waals surface area contributed by atoms with Crippen LogP contribution in [0.5, 0.6) is 5.75 Å². The van der Waals surface area contributed by atoms with Gasteiger partial charge < -0.3 is 5.11 Å². The summed E-state index contributed by atoms with van der Waals surface area (Å²) in [4.78, 5) is 0. The fraction of sp³-hybridized carbons (Fsp3) is 0. The van der Waals surface area contributed by atoms with E-state index in [4.69, 9.17) is 6.42 Å². The molecule has 0 saturated heterocycles. The van der Waals surface area contributed by atoms with Crippen LogP contribution in [0.4, 0.5) is 0 Å². The molecule has 0 amide bonds. The lowest BCUT2D eigenvalue weighted by Gasteiger charge is -2.15. The second kappa shape index (κ2) is 5.90. The van der Waals surface area contributed by atoms with Crippen LogP contribution >= 0.6 is 0 Å². The van der Waals surface area contributed by atoms with Crippen molar-refractivity contribution in [3.8, 4) is 29.2 Å². The smallest absolute Gasteiger partial charge is 0.115 e. The Morgan fingerprint density at radius 1 is 0.593 bits per heavy atom. The van der Waals surface area contributed by atoms with Gasteiger partial charge in [0.1, 0.15) is 5.75 Å². The van der Waals surface area contributed by atoms with Gasteiger partial charge in [0, 0.05) is 10.9 Å². The fourth-order valence-corrected chi connectivity index (χ4v) is 4.03. The lowest BCUT2D eigenvalue weighted by atomic mass is 9.88. The summed E-state index contributed by atoms with van der Waals surface area (Å²) in [5, 5.41) is 16.7. The number of rotatable bonds is 1. The number of phenolic OH excluding ortho intramolecular Hbond substituents is 1. The minimum absolute atomic E-state index is 0.248. The third-order valence-corrected chi connectivity index (χ3v) is 5.23. The molecule has 126 valence electrons. The van der Waals surface area contributed by atoms with Crippen LogP contribution in [-0.2, 0) is 0 Å². The van der Waals surface area contributed by atoms with Gasteiger partial charge in [0.15, 0.2) is 0 Å². The van der Waals surface area contributed by atoms with Crippen LogP contribution in [0.25, 0.3) is 43.4 Å². The summed E-state index contributed by atoms with van der Waals surface area (Å²) in [6.07, 6.45) is 6.02. The van der Waals surface area contributed by atoms with Crippen molar-refractivity contribution in [3.05, 3.63) is 90.5 Å². The lowest BCUT2D eigenvalue weighted by molar-refractivity contribution is 0.475. The zero-order valence-electron chi connectivity index (χ0n) is 14.6. The van der Waals surface area contributed by atoms with Gasteiger partial charge in [-0.1, -0.05) is 78.7 Å². The first kappa shape index (κ1) is 15.5. The molecule has 0 aliphatic heterocycles. The highest BCUT2D eigenvalue weighted by Crippen LogP contribution is 2.39. The molecule has 0 aliphatic rings. The fourth-order valence-electron chi connectivity index (χ4n) is 4.03. The van der Waals surface area contributed by atoms with E-state index in [1.54, 1.807) is 12.1 Å². The first-order valence-electron chi connectivity index (χ1n) is 8.90. The molecular weight excluding hydrogens is 328 g/mol. The Morgan fingerprint density at radius 2 is 1.11 bits per heavy atom. The first-order valence-corrected chi connectivity index (χ1v) is 8.90. The Labute approximate surface area is 157 Å². The Morgan fingerprint density at radius 3 is 1.70 bits per heavy atom.